The van der Waals surface area contributed by atoms with Crippen LogP contribution in [0.4, 0.5) is 5.95 Å². The summed E-state index contributed by atoms with van der Waals surface area (Å²) in [7, 11) is 1.74. The Morgan fingerprint density at radius 3 is 2.67 bits per heavy atom. The van der Waals surface area contributed by atoms with Crippen LogP contribution in [0.25, 0.3) is 11.6 Å². The van der Waals surface area contributed by atoms with Gasteiger partial charge in [0.15, 0.2) is 11.6 Å². The van der Waals surface area contributed by atoms with Gasteiger partial charge in [0.05, 0.1) is 5.69 Å². The van der Waals surface area contributed by atoms with E-state index in [9.17, 15) is 4.79 Å². The lowest BCUT2D eigenvalue weighted by Crippen LogP contribution is -2.16. The van der Waals surface area contributed by atoms with Crippen LogP contribution in [0.1, 0.15) is 42.7 Å². The third kappa shape index (κ3) is 3.08. The van der Waals surface area contributed by atoms with Gasteiger partial charge in [-0.25, -0.2) is 0 Å². The van der Waals surface area contributed by atoms with E-state index in [4.69, 9.17) is 4.42 Å². The lowest BCUT2D eigenvalue weighted by atomic mass is 9.92. The molecule has 3 aromatic heterocycles. The number of rotatable bonds is 3. The van der Waals surface area contributed by atoms with Crippen LogP contribution >= 0.6 is 0 Å². The molecule has 3 aromatic rings. The van der Waals surface area contributed by atoms with E-state index in [0.29, 0.717) is 17.3 Å². The number of carbonyl (C=O) groups excluding carboxylic acids is 1. The number of H-pyrrole nitrogens is 1. The van der Waals surface area contributed by atoms with E-state index in [0.717, 1.165) is 11.5 Å². The highest BCUT2D eigenvalue weighted by atomic mass is 16.3. The smallest absolute Gasteiger partial charge is 0.276 e. The van der Waals surface area contributed by atoms with Gasteiger partial charge in [0.25, 0.3) is 5.91 Å². The molecule has 0 saturated carbocycles. The quantitative estimate of drug-likeness (QED) is 0.769. The summed E-state index contributed by atoms with van der Waals surface area (Å²) in [6.45, 7) is 7.98. The molecule has 0 aromatic carbocycles. The summed E-state index contributed by atoms with van der Waals surface area (Å²) in [4.78, 5) is 16.7. The van der Waals surface area contributed by atoms with Crippen molar-refractivity contribution in [2.75, 3.05) is 5.32 Å². The fourth-order valence-corrected chi connectivity index (χ4v) is 2.20. The average Bonchev–Trinajstić information content (AvgIpc) is 3.17. The molecule has 8 heteroatoms. The van der Waals surface area contributed by atoms with E-state index in [1.165, 1.54) is 0 Å². The molecule has 0 aliphatic rings. The number of aromatic nitrogens is 5. The van der Waals surface area contributed by atoms with Crippen molar-refractivity contribution in [3.05, 3.63) is 35.3 Å². The molecule has 0 spiro atoms. The average molecular weight is 328 g/mol. The minimum Gasteiger partial charge on any atom is -0.458 e. The van der Waals surface area contributed by atoms with E-state index in [1.807, 2.05) is 33.8 Å². The Morgan fingerprint density at radius 2 is 2.08 bits per heavy atom. The third-order valence-corrected chi connectivity index (χ3v) is 3.57. The van der Waals surface area contributed by atoms with Gasteiger partial charge < -0.3 is 4.42 Å². The Labute approximate surface area is 139 Å². The van der Waals surface area contributed by atoms with Crippen LogP contribution in [0, 0.1) is 6.92 Å². The Balaban J connectivity index is 1.78. The second-order valence-corrected chi connectivity index (χ2v) is 6.66. The van der Waals surface area contributed by atoms with Crippen molar-refractivity contribution in [1.82, 2.24) is 25.0 Å². The highest BCUT2D eigenvalue weighted by Crippen LogP contribution is 2.22. The maximum atomic E-state index is 12.4. The van der Waals surface area contributed by atoms with Crippen LogP contribution in [0.3, 0.4) is 0 Å². The number of carbonyl (C=O) groups is 1. The minimum absolute atomic E-state index is 0.134. The number of hydrogen-bond donors (Lipinski definition) is 2. The van der Waals surface area contributed by atoms with E-state index in [2.05, 4.69) is 25.6 Å². The van der Waals surface area contributed by atoms with E-state index >= 15 is 0 Å². The first-order valence-corrected chi connectivity index (χ1v) is 7.59. The highest BCUT2D eigenvalue weighted by molar-refractivity contribution is 6.02. The first kappa shape index (κ1) is 16.0. The molecular weight excluding hydrogens is 308 g/mol. The predicted octanol–water partition coefficient (Wildman–Crippen LogP) is 2.66. The number of furan rings is 1. The van der Waals surface area contributed by atoms with Crippen LogP contribution in [0.15, 0.2) is 22.6 Å². The van der Waals surface area contributed by atoms with Crippen molar-refractivity contribution in [3.63, 3.8) is 0 Å². The molecule has 24 heavy (non-hydrogen) atoms. The van der Waals surface area contributed by atoms with Gasteiger partial charge in [-0.2, -0.15) is 10.1 Å². The van der Waals surface area contributed by atoms with Crippen molar-refractivity contribution >= 4 is 11.9 Å². The fraction of sp³-hybridized carbons (Fsp3) is 0.375. The molecule has 0 atom stereocenters. The van der Waals surface area contributed by atoms with Gasteiger partial charge in [-0.1, -0.05) is 20.8 Å². The van der Waals surface area contributed by atoms with Crippen LogP contribution in [-0.2, 0) is 12.5 Å². The van der Waals surface area contributed by atoms with Gasteiger partial charge in [0.1, 0.15) is 11.5 Å². The zero-order valence-electron chi connectivity index (χ0n) is 14.3. The zero-order valence-corrected chi connectivity index (χ0v) is 14.3. The Hall–Kier alpha value is -2.90. The van der Waals surface area contributed by atoms with E-state index in [1.54, 1.807) is 23.9 Å². The second-order valence-electron chi connectivity index (χ2n) is 6.66. The first-order chi connectivity index (χ1) is 11.2. The number of anilines is 1. The summed E-state index contributed by atoms with van der Waals surface area (Å²) in [5, 5.41) is 13.8. The predicted molar refractivity (Wildman–Crippen MR) is 88.7 cm³/mol. The molecule has 1 amide bonds. The summed E-state index contributed by atoms with van der Waals surface area (Å²) >= 11 is 0. The van der Waals surface area contributed by atoms with Gasteiger partial charge >= 0.3 is 0 Å². The second kappa shape index (κ2) is 5.63. The SMILES string of the molecule is Cc1ccc(-c2nc(NC(=O)c3cc(C(C)(C)C)nn3C)n[nH]2)o1. The molecule has 0 fully saturated rings. The van der Waals surface area contributed by atoms with Gasteiger partial charge in [0, 0.05) is 12.5 Å². The molecule has 2 N–H and O–H groups in total. The summed E-state index contributed by atoms with van der Waals surface area (Å²) in [5.41, 5.74) is 1.16. The number of nitrogens with zero attached hydrogens (tertiary/aromatic N) is 4. The molecular formula is C16H20N6O2. The number of amides is 1. The highest BCUT2D eigenvalue weighted by Gasteiger charge is 2.22. The van der Waals surface area contributed by atoms with Gasteiger partial charge in [0.2, 0.25) is 5.95 Å². The van der Waals surface area contributed by atoms with Crippen LogP contribution in [0.2, 0.25) is 0 Å². The monoisotopic (exact) mass is 328 g/mol. The van der Waals surface area contributed by atoms with Crippen molar-refractivity contribution in [2.45, 2.75) is 33.1 Å². The maximum Gasteiger partial charge on any atom is 0.276 e. The normalized spacial score (nSPS) is 11.7. The van der Waals surface area contributed by atoms with Crippen LogP contribution in [0.5, 0.6) is 0 Å². The third-order valence-electron chi connectivity index (χ3n) is 3.57. The van der Waals surface area contributed by atoms with Crippen molar-refractivity contribution in [3.8, 4) is 11.6 Å². The first-order valence-electron chi connectivity index (χ1n) is 7.59. The molecule has 3 heterocycles. The largest absolute Gasteiger partial charge is 0.458 e. The molecule has 3 rings (SSSR count). The summed E-state index contributed by atoms with van der Waals surface area (Å²) in [5.74, 6) is 1.66. The lowest BCUT2D eigenvalue weighted by Gasteiger charge is -2.13. The Kier molecular flexibility index (Phi) is 3.75. The van der Waals surface area contributed by atoms with Gasteiger partial charge in [-0.15, -0.1) is 5.10 Å². The Morgan fingerprint density at radius 1 is 1.33 bits per heavy atom. The van der Waals surface area contributed by atoms with Gasteiger partial charge in [-0.05, 0) is 25.1 Å². The number of nitrogens with one attached hydrogen (secondary N) is 2. The molecule has 0 aliphatic heterocycles. The molecule has 0 aliphatic carbocycles. The molecule has 0 bridgehead atoms. The minimum atomic E-state index is -0.318. The number of aromatic amines is 1. The number of hydrogen-bond acceptors (Lipinski definition) is 5. The molecule has 0 radical (unpaired) electrons. The van der Waals surface area contributed by atoms with E-state index < -0.39 is 0 Å². The maximum absolute atomic E-state index is 12.4. The molecule has 126 valence electrons. The molecule has 0 saturated heterocycles. The van der Waals surface area contributed by atoms with Gasteiger partial charge in [-0.3, -0.25) is 19.9 Å². The standard InChI is InChI=1S/C16H20N6O2/c1-9-6-7-11(24-9)13-17-15(20-19-13)18-14(23)10-8-12(16(2,3)4)21-22(10)5/h6-8H,1-5H3,(H2,17,18,19,20,23). The summed E-state index contributed by atoms with van der Waals surface area (Å²) in [6.07, 6.45) is 0. The van der Waals surface area contributed by atoms with Crippen LogP contribution in [-0.4, -0.2) is 30.9 Å². The summed E-state index contributed by atoms with van der Waals surface area (Å²) < 4.78 is 7.03. The fourth-order valence-electron chi connectivity index (χ4n) is 2.20. The topological polar surface area (TPSA) is 102 Å². The summed E-state index contributed by atoms with van der Waals surface area (Å²) in [6, 6.07) is 5.40. The van der Waals surface area contributed by atoms with E-state index in [-0.39, 0.29) is 17.3 Å². The number of aryl methyl sites for hydroxylation is 2. The van der Waals surface area contributed by atoms with Crippen molar-refractivity contribution in [2.24, 2.45) is 7.05 Å². The van der Waals surface area contributed by atoms with Crippen molar-refractivity contribution in [1.29, 1.82) is 0 Å². The van der Waals surface area contributed by atoms with Crippen molar-refractivity contribution < 1.29 is 9.21 Å². The molecule has 8 nitrogen and oxygen atoms in total. The Bertz CT molecular complexity index is 881. The van der Waals surface area contributed by atoms with Crippen LogP contribution < -0.4 is 5.32 Å². The lowest BCUT2D eigenvalue weighted by molar-refractivity contribution is 0.101. The zero-order chi connectivity index (χ0) is 17.5. The molecule has 0 unspecified atom stereocenters.